The number of rotatable bonds is 4. The molecule has 2 aromatic heterocycles. The molecule has 0 saturated carbocycles. The fraction of sp³-hybridized carbons (Fsp3) is 0.250. The maximum Gasteiger partial charge on any atom is 0.287 e. The van der Waals surface area contributed by atoms with Crippen LogP contribution >= 0.6 is 0 Å². The van der Waals surface area contributed by atoms with Crippen molar-refractivity contribution < 1.29 is 18.7 Å². The van der Waals surface area contributed by atoms with Crippen molar-refractivity contribution in [2.24, 2.45) is 0 Å². The van der Waals surface area contributed by atoms with Crippen molar-refractivity contribution in [3.63, 3.8) is 0 Å². The highest BCUT2D eigenvalue weighted by molar-refractivity contribution is 5.91. The van der Waals surface area contributed by atoms with Crippen LogP contribution in [0.15, 0.2) is 45.6 Å². The molecule has 90 valence electrons. The van der Waals surface area contributed by atoms with Crippen molar-refractivity contribution in [3.05, 3.63) is 48.3 Å². The maximum absolute atomic E-state index is 11.6. The lowest BCUT2D eigenvalue weighted by atomic mass is 10.0. The molecular weight excluding hydrogens is 222 g/mol. The van der Waals surface area contributed by atoms with E-state index in [1.165, 1.54) is 12.5 Å². The first-order chi connectivity index (χ1) is 8.09. The van der Waals surface area contributed by atoms with E-state index in [0.29, 0.717) is 5.76 Å². The van der Waals surface area contributed by atoms with E-state index in [1.807, 2.05) is 0 Å². The summed E-state index contributed by atoms with van der Waals surface area (Å²) in [5.74, 6) is 0.235. The largest absolute Gasteiger partial charge is 0.466 e. The number of carbonyl (C=O) groups is 1. The van der Waals surface area contributed by atoms with Crippen molar-refractivity contribution in [2.75, 3.05) is 6.54 Å². The number of furan rings is 2. The molecule has 0 aliphatic rings. The van der Waals surface area contributed by atoms with Crippen LogP contribution < -0.4 is 5.32 Å². The summed E-state index contributed by atoms with van der Waals surface area (Å²) in [6, 6.07) is 6.51. The van der Waals surface area contributed by atoms with Crippen molar-refractivity contribution in [3.8, 4) is 0 Å². The molecule has 0 radical (unpaired) electrons. The zero-order valence-corrected chi connectivity index (χ0v) is 9.34. The Bertz CT molecular complexity index is 471. The van der Waals surface area contributed by atoms with Gasteiger partial charge in [0.25, 0.3) is 5.91 Å². The molecule has 17 heavy (non-hydrogen) atoms. The number of carbonyl (C=O) groups excluding carboxylic acids is 1. The molecule has 0 bridgehead atoms. The van der Waals surface area contributed by atoms with Gasteiger partial charge in [0, 0.05) is 0 Å². The van der Waals surface area contributed by atoms with Gasteiger partial charge in [-0.2, -0.15) is 0 Å². The monoisotopic (exact) mass is 235 g/mol. The number of hydrogen-bond donors (Lipinski definition) is 2. The van der Waals surface area contributed by atoms with E-state index in [1.54, 1.807) is 31.2 Å². The van der Waals surface area contributed by atoms with Gasteiger partial charge in [-0.1, -0.05) is 0 Å². The molecule has 2 N–H and O–H groups in total. The van der Waals surface area contributed by atoms with E-state index < -0.39 is 5.60 Å². The minimum atomic E-state index is -1.24. The molecule has 0 unspecified atom stereocenters. The summed E-state index contributed by atoms with van der Waals surface area (Å²) in [4.78, 5) is 11.6. The van der Waals surface area contributed by atoms with Gasteiger partial charge in [-0.25, -0.2) is 0 Å². The molecule has 5 nitrogen and oxygen atoms in total. The van der Waals surface area contributed by atoms with Gasteiger partial charge in [0.15, 0.2) is 5.76 Å². The van der Waals surface area contributed by atoms with Crippen LogP contribution in [0.2, 0.25) is 0 Å². The lowest BCUT2D eigenvalue weighted by Crippen LogP contribution is -2.38. The lowest BCUT2D eigenvalue weighted by molar-refractivity contribution is 0.0326. The Hall–Kier alpha value is -2.01. The van der Waals surface area contributed by atoms with Crippen LogP contribution in [-0.4, -0.2) is 17.6 Å². The topological polar surface area (TPSA) is 75.6 Å². The highest BCUT2D eigenvalue weighted by atomic mass is 16.4. The van der Waals surface area contributed by atoms with Gasteiger partial charge in [-0.3, -0.25) is 4.79 Å². The predicted octanol–water partition coefficient (Wildman–Crippen LogP) is 1.51. The van der Waals surface area contributed by atoms with Gasteiger partial charge in [0.2, 0.25) is 0 Å². The van der Waals surface area contributed by atoms with Crippen LogP contribution in [0.3, 0.4) is 0 Å². The van der Waals surface area contributed by atoms with Crippen LogP contribution in [-0.2, 0) is 5.60 Å². The smallest absolute Gasteiger partial charge is 0.287 e. The van der Waals surface area contributed by atoms with Gasteiger partial charge in [0.05, 0.1) is 19.1 Å². The molecule has 2 aromatic rings. The molecule has 1 amide bonds. The van der Waals surface area contributed by atoms with Crippen LogP contribution in [0, 0.1) is 0 Å². The molecule has 0 spiro atoms. The second-order valence-corrected chi connectivity index (χ2v) is 3.91. The van der Waals surface area contributed by atoms with Gasteiger partial charge >= 0.3 is 0 Å². The number of hydrogen-bond acceptors (Lipinski definition) is 4. The third-order valence-electron chi connectivity index (χ3n) is 2.39. The first-order valence-electron chi connectivity index (χ1n) is 5.18. The first kappa shape index (κ1) is 11.5. The van der Waals surface area contributed by atoms with E-state index in [0.717, 1.165) is 0 Å². The fourth-order valence-corrected chi connectivity index (χ4v) is 1.42. The summed E-state index contributed by atoms with van der Waals surface area (Å²) in [6.07, 6.45) is 2.89. The van der Waals surface area contributed by atoms with E-state index in [4.69, 9.17) is 8.83 Å². The molecule has 0 aromatic carbocycles. The second kappa shape index (κ2) is 4.47. The normalized spacial score (nSPS) is 14.2. The number of nitrogens with one attached hydrogen (secondary N) is 1. The molecule has 0 fully saturated rings. The minimum Gasteiger partial charge on any atom is -0.466 e. The minimum absolute atomic E-state index is 0.0417. The van der Waals surface area contributed by atoms with Crippen molar-refractivity contribution in [2.45, 2.75) is 12.5 Å². The standard InChI is InChI=1S/C12H13NO4/c1-12(15,10-5-3-7-17-10)8-13-11(14)9-4-2-6-16-9/h2-7,15H,8H2,1H3,(H,13,14)/t12-/m0/s1. The third-order valence-corrected chi connectivity index (χ3v) is 2.39. The molecule has 2 heterocycles. The number of aliphatic hydroxyl groups is 1. The zero-order chi connectivity index (χ0) is 12.3. The highest BCUT2D eigenvalue weighted by Gasteiger charge is 2.27. The Labute approximate surface area is 98.0 Å². The Morgan fingerprint density at radius 3 is 2.65 bits per heavy atom. The molecule has 0 aliphatic heterocycles. The average molecular weight is 235 g/mol. The predicted molar refractivity (Wildman–Crippen MR) is 59.3 cm³/mol. The summed E-state index contributed by atoms with van der Waals surface area (Å²) in [5, 5.41) is 12.7. The number of amides is 1. The SMILES string of the molecule is C[C@](O)(CNC(=O)c1ccco1)c1ccco1. The molecule has 0 aliphatic carbocycles. The molecule has 2 rings (SSSR count). The summed E-state index contributed by atoms with van der Waals surface area (Å²) in [6.45, 7) is 1.61. The van der Waals surface area contributed by atoms with E-state index >= 15 is 0 Å². The van der Waals surface area contributed by atoms with Crippen LogP contribution in [0.5, 0.6) is 0 Å². The molecule has 5 heteroatoms. The van der Waals surface area contributed by atoms with E-state index in [9.17, 15) is 9.90 Å². The van der Waals surface area contributed by atoms with Crippen LogP contribution in [0.4, 0.5) is 0 Å². The van der Waals surface area contributed by atoms with Crippen LogP contribution in [0.25, 0.3) is 0 Å². The Morgan fingerprint density at radius 1 is 1.35 bits per heavy atom. The molecular formula is C12H13NO4. The van der Waals surface area contributed by atoms with E-state index in [-0.39, 0.29) is 18.2 Å². The van der Waals surface area contributed by atoms with Gasteiger partial charge in [0.1, 0.15) is 11.4 Å². The van der Waals surface area contributed by atoms with Crippen molar-refractivity contribution >= 4 is 5.91 Å². The Kier molecular flexibility index (Phi) is 3.01. The third kappa shape index (κ3) is 2.57. The summed E-state index contributed by atoms with van der Waals surface area (Å²) in [5.41, 5.74) is -1.24. The van der Waals surface area contributed by atoms with Gasteiger partial charge in [-0.15, -0.1) is 0 Å². The van der Waals surface area contributed by atoms with Gasteiger partial charge < -0.3 is 19.3 Å². The van der Waals surface area contributed by atoms with Crippen molar-refractivity contribution in [1.82, 2.24) is 5.32 Å². The molecule has 1 atom stereocenters. The van der Waals surface area contributed by atoms with E-state index in [2.05, 4.69) is 5.32 Å². The quantitative estimate of drug-likeness (QED) is 0.842. The zero-order valence-electron chi connectivity index (χ0n) is 9.34. The maximum atomic E-state index is 11.6. The van der Waals surface area contributed by atoms with Crippen molar-refractivity contribution in [1.29, 1.82) is 0 Å². The fourth-order valence-electron chi connectivity index (χ4n) is 1.42. The highest BCUT2D eigenvalue weighted by Crippen LogP contribution is 2.19. The summed E-state index contributed by atoms with van der Waals surface area (Å²) < 4.78 is 10.0. The average Bonchev–Trinajstić information content (AvgIpc) is 2.97. The Balaban J connectivity index is 1.96. The Morgan fingerprint density at radius 2 is 2.06 bits per heavy atom. The van der Waals surface area contributed by atoms with Gasteiger partial charge in [-0.05, 0) is 31.2 Å². The molecule has 0 saturated heterocycles. The van der Waals surface area contributed by atoms with Crippen LogP contribution in [0.1, 0.15) is 23.2 Å². The summed E-state index contributed by atoms with van der Waals surface area (Å²) in [7, 11) is 0. The second-order valence-electron chi connectivity index (χ2n) is 3.91. The summed E-state index contributed by atoms with van der Waals surface area (Å²) >= 11 is 0. The lowest BCUT2D eigenvalue weighted by Gasteiger charge is -2.20. The first-order valence-corrected chi connectivity index (χ1v) is 5.18.